The molecule has 1 aromatic carbocycles. The number of aromatic nitrogens is 1. The molecule has 0 atom stereocenters. The van der Waals surface area contributed by atoms with Crippen LogP contribution in [0.25, 0.3) is 21.9 Å². The quantitative estimate of drug-likeness (QED) is 0.478. The van der Waals surface area contributed by atoms with Gasteiger partial charge in [0.2, 0.25) is 5.91 Å². The fourth-order valence-electron chi connectivity index (χ4n) is 2.89. The first-order valence-corrected chi connectivity index (χ1v) is 9.65. The highest BCUT2D eigenvalue weighted by Gasteiger charge is 2.09. The third kappa shape index (κ3) is 4.53. The molecule has 0 aliphatic carbocycles. The summed E-state index contributed by atoms with van der Waals surface area (Å²) >= 11 is 1.69. The molecule has 3 aromatic rings. The molecule has 0 radical (unpaired) electrons. The van der Waals surface area contributed by atoms with Gasteiger partial charge >= 0.3 is 0 Å². The number of carbonyl (C=O) groups excluding carboxylic acids is 1. The maximum absolute atomic E-state index is 12.1. The minimum atomic E-state index is -0.154. The van der Waals surface area contributed by atoms with Gasteiger partial charge in [-0.2, -0.15) is 0 Å². The molecule has 5 nitrogen and oxygen atoms in total. The highest BCUT2D eigenvalue weighted by molar-refractivity contribution is 7.19. The molecule has 0 spiro atoms. The summed E-state index contributed by atoms with van der Waals surface area (Å²) in [6.45, 7) is 8.15. The van der Waals surface area contributed by atoms with E-state index in [-0.39, 0.29) is 5.91 Å². The average Bonchev–Trinajstić information content (AvgIpc) is 3.11. The van der Waals surface area contributed by atoms with E-state index in [4.69, 9.17) is 5.73 Å². The number of carbonyl (C=O) groups is 1. The Bertz CT molecular complexity index is 1080. The predicted octanol–water partition coefficient (Wildman–Crippen LogP) is 4.58. The fraction of sp³-hybridized carbons (Fsp3) is 0.136. The molecular formula is C22H22N4OS. The SMILES string of the molecule is C=N/C(=C\C)c1cc(C)c2sc(CNC(=O)/C=C/c3ccc(N)nc3)cc2c1. The Morgan fingerprint density at radius 1 is 1.36 bits per heavy atom. The molecule has 2 aromatic heterocycles. The number of hydrogen-bond acceptors (Lipinski definition) is 5. The van der Waals surface area contributed by atoms with Crippen LogP contribution >= 0.6 is 11.3 Å². The van der Waals surface area contributed by atoms with Crippen molar-refractivity contribution in [1.29, 1.82) is 0 Å². The van der Waals surface area contributed by atoms with Gasteiger partial charge in [0.25, 0.3) is 0 Å². The number of nitrogen functional groups attached to an aromatic ring is 1. The highest BCUT2D eigenvalue weighted by Crippen LogP contribution is 2.32. The lowest BCUT2D eigenvalue weighted by atomic mass is 10.1. The molecule has 0 fully saturated rings. The van der Waals surface area contributed by atoms with Crippen LogP contribution < -0.4 is 11.1 Å². The van der Waals surface area contributed by atoms with E-state index in [1.807, 2.05) is 19.1 Å². The Labute approximate surface area is 168 Å². The van der Waals surface area contributed by atoms with E-state index in [2.05, 4.69) is 47.1 Å². The van der Waals surface area contributed by atoms with Gasteiger partial charge in [0.15, 0.2) is 0 Å². The summed E-state index contributed by atoms with van der Waals surface area (Å²) in [5, 5.41) is 4.07. The first kappa shape index (κ1) is 19.5. The summed E-state index contributed by atoms with van der Waals surface area (Å²) in [7, 11) is 0. The first-order valence-electron chi connectivity index (χ1n) is 8.84. The zero-order chi connectivity index (χ0) is 20.1. The number of rotatable bonds is 6. The number of thiophene rings is 1. The number of nitrogens with two attached hydrogens (primary N) is 1. The van der Waals surface area contributed by atoms with Crippen molar-refractivity contribution in [3.05, 3.63) is 70.2 Å². The molecule has 0 bridgehead atoms. The Hall–Kier alpha value is -3.25. The van der Waals surface area contributed by atoms with E-state index in [1.165, 1.54) is 16.3 Å². The van der Waals surface area contributed by atoms with Crippen molar-refractivity contribution in [3.63, 3.8) is 0 Å². The second-order valence-corrected chi connectivity index (χ2v) is 7.46. The number of nitrogens with zero attached hydrogens (tertiary/aromatic N) is 2. The molecule has 142 valence electrons. The number of aryl methyl sites for hydroxylation is 1. The lowest BCUT2D eigenvalue weighted by Crippen LogP contribution is -2.19. The van der Waals surface area contributed by atoms with Crippen LogP contribution in [-0.2, 0) is 11.3 Å². The van der Waals surface area contributed by atoms with Crippen LogP contribution in [0.15, 0.2) is 53.7 Å². The number of amides is 1. The summed E-state index contributed by atoms with van der Waals surface area (Å²) in [5.41, 5.74) is 9.49. The average molecular weight is 391 g/mol. The van der Waals surface area contributed by atoms with Gasteiger partial charge in [-0.15, -0.1) is 11.3 Å². The molecule has 0 saturated carbocycles. The number of fused-ring (bicyclic) bond motifs is 1. The standard InChI is InChI=1S/C22H22N4OS/c1-4-19(24-3)16-9-14(2)22-17(10-16)11-18(28-22)13-26-21(27)8-6-15-5-7-20(23)25-12-15/h4-12H,3,13H2,1-2H3,(H2,23,25)(H,26,27)/b8-6+,19-4-. The zero-order valence-corrected chi connectivity index (χ0v) is 16.7. The summed E-state index contributed by atoms with van der Waals surface area (Å²) < 4.78 is 1.22. The number of aliphatic imine (C=N–C) groups is 1. The van der Waals surface area contributed by atoms with E-state index >= 15 is 0 Å². The zero-order valence-electron chi connectivity index (χ0n) is 15.9. The van der Waals surface area contributed by atoms with E-state index in [0.29, 0.717) is 12.4 Å². The van der Waals surface area contributed by atoms with Crippen molar-refractivity contribution >= 4 is 51.6 Å². The molecule has 0 aliphatic heterocycles. The van der Waals surface area contributed by atoms with E-state index < -0.39 is 0 Å². The van der Waals surface area contributed by atoms with E-state index in [9.17, 15) is 4.79 Å². The largest absolute Gasteiger partial charge is 0.384 e. The van der Waals surface area contributed by atoms with Crippen molar-refractivity contribution in [2.75, 3.05) is 5.73 Å². The number of nitrogens with one attached hydrogen (secondary N) is 1. The van der Waals surface area contributed by atoms with Crippen molar-refractivity contribution in [1.82, 2.24) is 10.3 Å². The number of anilines is 1. The Balaban J connectivity index is 1.70. The normalized spacial score (nSPS) is 11.9. The third-order valence-electron chi connectivity index (χ3n) is 4.27. The van der Waals surface area contributed by atoms with Crippen molar-refractivity contribution < 1.29 is 4.79 Å². The summed E-state index contributed by atoms with van der Waals surface area (Å²) in [5.74, 6) is 0.300. The minimum Gasteiger partial charge on any atom is -0.384 e. The fourth-order valence-corrected chi connectivity index (χ4v) is 3.93. The molecule has 6 heteroatoms. The lowest BCUT2D eigenvalue weighted by Gasteiger charge is -2.04. The Kier molecular flexibility index (Phi) is 6.01. The monoisotopic (exact) mass is 390 g/mol. The molecule has 28 heavy (non-hydrogen) atoms. The molecule has 0 saturated heterocycles. The Morgan fingerprint density at radius 2 is 2.18 bits per heavy atom. The number of benzene rings is 1. The minimum absolute atomic E-state index is 0.154. The summed E-state index contributed by atoms with van der Waals surface area (Å²) in [6, 6.07) is 9.86. The van der Waals surface area contributed by atoms with Gasteiger partial charge in [0.05, 0.1) is 12.2 Å². The molecule has 3 rings (SSSR count). The summed E-state index contributed by atoms with van der Waals surface area (Å²) in [4.78, 5) is 21.3. The number of pyridine rings is 1. The highest BCUT2D eigenvalue weighted by atomic mass is 32.1. The van der Waals surface area contributed by atoms with Gasteiger partial charge in [-0.3, -0.25) is 9.79 Å². The molecule has 2 heterocycles. The topological polar surface area (TPSA) is 80.4 Å². The molecular weight excluding hydrogens is 368 g/mol. The van der Waals surface area contributed by atoms with Crippen LogP contribution in [-0.4, -0.2) is 17.6 Å². The molecule has 0 unspecified atom stereocenters. The van der Waals surface area contributed by atoms with Crippen LogP contribution in [0.5, 0.6) is 0 Å². The predicted molar refractivity (Wildman–Crippen MR) is 119 cm³/mol. The van der Waals surface area contributed by atoms with Crippen LogP contribution in [0.1, 0.15) is 28.5 Å². The van der Waals surface area contributed by atoms with Gasteiger partial charge in [-0.1, -0.05) is 6.08 Å². The van der Waals surface area contributed by atoms with Crippen molar-refractivity contribution in [2.45, 2.75) is 20.4 Å². The van der Waals surface area contributed by atoms with E-state index in [1.54, 1.807) is 29.7 Å². The third-order valence-corrected chi connectivity index (χ3v) is 5.55. The maximum atomic E-state index is 12.1. The maximum Gasteiger partial charge on any atom is 0.244 e. The van der Waals surface area contributed by atoms with Crippen LogP contribution in [0, 0.1) is 6.92 Å². The first-order chi connectivity index (χ1) is 13.5. The van der Waals surface area contributed by atoms with Crippen molar-refractivity contribution in [3.8, 4) is 0 Å². The molecule has 3 N–H and O–H groups in total. The van der Waals surface area contributed by atoms with Gasteiger partial charge in [0, 0.05) is 27.4 Å². The van der Waals surface area contributed by atoms with Gasteiger partial charge < -0.3 is 11.1 Å². The number of allylic oxidation sites excluding steroid dienone is 1. The van der Waals surface area contributed by atoms with Crippen LogP contribution in [0.2, 0.25) is 0 Å². The van der Waals surface area contributed by atoms with Crippen molar-refractivity contribution in [2.24, 2.45) is 4.99 Å². The smallest absolute Gasteiger partial charge is 0.244 e. The molecule has 0 aliphatic rings. The summed E-state index contributed by atoms with van der Waals surface area (Å²) in [6.07, 6.45) is 6.79. The number of hydrogen-bond donors (Lipinski definition) is 2. The second kappa shape index (κ2) is 8.63. The van der Waals surface area contributed by atoms with Crippen LogP contribution in [0.4, 0.5) is 5.82 Å². The Morgan fingerprint density at radius 3 is 2.86 bits per heavy atom. The van der Waals surface area contributed by atoms with Gasteiger partial charge in [-0.25, -0.2) is 4.98 Å². The van der Waals surface area contributed by atoms with Gasteiger partial charge in [-0.05, 0) is 73.5 Å². The second-order valence-electron chi connectivity index (χ2n) is 6.32. The van der Waals surface area contributed by atoms with E-state index in [0.717, 1.165) is 27.1 Å². The van der Waals surface area contributed by atoms with Gasteiger partial charge in [0.1, 0.15) is 5.82 Å². The van der Waals surface area contributed by atoms with Crippen LogP contribution in [0.3, 0.4) is 0 Å². The molecule has 1 amide bonds. The lowest BCUT2D eigenvalue weighted by molar-refractivity contribution is -0.116.